The number of amides is 2. The minimum atomic E-state index is -0.908. The first kappa shape index (κ1) is 31.9. The second-order valence-corrected chi connectivity index (χ2v) is 12.9. The quantitative estimate of drug-likeness (QED) is 0.228. The van der Waals surface area contributed by atoms with E-state index < -0.39 is 35.6 Å². The van der Waals surface area contributed by atoms with Gasteiger partial charge in [-0.25, -0.2) is 4.98 Å². The maximum absolute atomic E-state index is 13.9. The summed E-state index contributed by atoms with van der Waals surface area (Å²) in [5.74, 6) is -1.01. The summed E-state index contributed by atoms with van der Waals surface area (Å²) in [6.45, 7) is 11.1. The molecule has 1 aromatic heterocycles. The van der Waals surface area contributed by atoms with E-state index in [-0.39, 0.29) is 24.8 Å². The van der Waals surface area contributed by atoms with Gasteiger partial charge >= 0.3 is 0 Å². The number of rotatable bonds is 11. The van der Waals surface area contributed by atoms with Crippen molar-refractivity contribution in [3.63, 3.8) is 0 Å². The monoisotopic (exact) mass is 624 g/mol. The molecular weight excluding hydrogens is 584 g/mol. The van der Waals surface area contributed by atoms with Crippen LogP contribution in [0.5, 0.6) is 0 Å². The highest BCUT2D eigenvalue weighted by atomic mass is 32.1. The number of ether oxygens (including phenoxy) is 2. The topological polar surface area (TPSA) is 153 Å². The molecule has 14 heteroatoms. The van der Waals surface area contributed by atoms with Gasteiger partial charge in [0.2, 0.25) is 5.91 Å². The molecule has 2 amide bonds. The number of thiazole rings is 1. The fourth-order valence-corrected chi connectivity index (χ4v) is 6.81. The highest BCUT2D eigenvalue weighted by Gasteiger charge is 2.54. The maximum Gasteiger partial charge on any atom is 0.251 e. The molecule has 1 aromatic carbocycles. The van der Waals surface area contributed by atoms with Crippen molar-refractivity contribution in [3.05, 3.63) is 45.7 Å². The van der Waals surface area contributed by atoms with Crippen LogP contribution in [0.2, 0.25) is 0 Å². The van der Waals surface area contributed by atoms with E-state index in [1.54, 1.807) is 30.6 Å². The van der Waals surface area contributed by atoms with Crippen LogP contribution in [0.15, 0.2) is 34.8 Å². The number of piperazine rings is 1. The van der Waals surface area contributed by atoms with Crippen LogP contribution < -0.4 is 10.2 Å². The van der Waals surface area contributed by atoms with E-state index in [4.69, 9.17) is 20.0 Å². The van der Waals surface area contributed by atoms with Crippen molar-refractivity contribution in [2.75, 3.05) is 64.5 Å². The number of nitrogens with one attached hydrogen (secondary N) is 1. The van der Waals surface area contributed by atoms with Crippen molar-refractivity contribution >= 4 is 34.1 Å². The van der Waals surface area contributed by atoms with Crippen molar-refractivity contribution in [1.29, 1.82) is 0 Å². The molecule has 0 aliphatic carbocycles. The van der Waals surface area contributed by atoms with Crippen LogP contribution in [0.25, 0.3) is 21.7 Å². The van der Waals surface area contributed by atoms with Gasteiger partial charge in [0, 0.05) is 67.8 Å². The van der Waals surface area contributed by atoms with Gasteiger partial charge in [-0.1, -0.05) is 38.0 Å². The number of likely N-dealkylation sites (tertiary alicyclic amines) is 1. The molecule has 0 radical (unpaired) electrons. The van der Waals surface area contributed by atoms with Gasteiger partial charge in [-0.2, -0.15) is 0 Å². The van der Waals surface area contributed by atoms with Crippen molar-refractivity contribution in [3.8, 4) is 11.3 Å². The number of aromatic nitrogens is 1. The lowest BCUT2D eigenvalue weighted by molar-refractivity contribution is -0.140. The van der Waals surface area contributed by atoms with Gasteiger partial charge < -0.3 is 24.6 Å². The Bertz CT molecular complexity index is 1400. The van der Waals surface area contributed by atoms with E-state index >= 15 is 0 Å². The smallest absolute Gasteiger partial charge is 0.251 e. The number of fused-ring (bicyclic) bond motifs is 1. The lowest BCUT2D eigenvalue weighted by Gasteiger charge is -2.36. The van der Waals surface area contributed by atoms with Gasteiger partial charge in [-0.3, -0.25) is 19.3 Å². The van der Waals surface area contributed by atoms with Crippen molar-refractivity contribution in [2.45, 2.75) is 51.4 Å². The summed E-state index contributed by atoms with van der Waals surface area (Å²) in [5.41, 5.74) is 10.5. The maximum atomic E-state index is 13.9. The SMILES string of the molecule is CCC(C)(C)[C@H](NC(=O)c1ccc(-c2csc(N3CCN(CCOC)CC3)n2)cc1)C(=O)N1C[C@H](N=[N+]=[N-])[C@H]2OCC(=O)[C@H]21. The van der Waals surface area contributed by atoms with Gasteiger partial charge in [-0.15, -0.1) is 11.3 Å². The second-order valence-electron chi connectivity index (χ2n) is 12.1. The van der Waals surface area contributed by atoms with Gasteiger partial charge in [0.25, 0.3) is 5.91 Å². The molecule has 3 aliphatic heterocycles. The van der Waals surface area contributed by atoms with E-state index in [9.17, 15) is 14.4 Å². The summed E-state index contributed by atoms with van der Waals surface area (Å²) in [6.07, 6.45) is -0.0731. The average Bonchev–Trinajstić information content (AvgIpc) is 3.77. The predicted molar refractivity (Wildman–Crippen MR) is 167 cm³/mol. The predicted octanol–water partition coefficient (Wildman–Crippen LogP) is 2.97. The van der Waals surface area contributed by atoms with Crippen LogP contribution in [-0.4, -0.2) is 116 Å². The zero-order valence-corrected chi connectivity index (χ0v) is 26.5. The van der Waals surface area contributed by atoms with Gasteiger partial charge in [0.05, 0.1) is 24.4 Å². The highest BCUT2D eigenvalue weighted by molar-refractivity contribution is 7.14. The first-order valence-corrected chi connectivity index (χ1v) is 15.9. The fourth-order valence-electron chi connectivity index (χ4n) is 5.92. The molecular formula is C30H40N8O5S. The highest BCUT2D eigenvalue weighted by Crippen LogP contribution is 2.34. The molecule has 236 valence electrons. The molecule has 0 spiro atoms. The Morgan fingerprint density at radius 2 is 1.98 bits per heavy atom. The molecule has 4 atom stereocenters. The zero-order chi connectivity index (χ0) is 31.4. The summed E-state index contributed by atoms with van der Waals surface area (Å²) in [7, 11) is 1.72. The molecule has 4 heterocycles. The Morgan fingerprint density at radius 3 is 2.64 bits per heavy atom. The number of hydrogen-bond donors (Lipinski definition) is 1. The molecule has 13 nitrogen and oxygen atoms in total. The molecule has 2 aromatic rings. The lowest BCUT2D eigenvalue weighted by atomic mass is 9.80. The number of ketones is 1. The third kappa shape index (κ3) is 6.59. The van der Waals surface area contributed by atoms with Crippen LogP contribution in [-0.2, 0) is 19.1 Å². The van der Waals surface area contributed by atoms with Crippen LogP contribution in [0.1, 0.15) is 37.6 Å². The number of anilines is 1. The number of benzene rings is 1. The van der Waals surface area contributed by atoms with Crippen molar-refractivity contribution < 1.29 is 23.9 Å². The Morgan fingerprint density at radius 1 is 1.25 bits per heavy atom. The number of Topliss-reactive ketones (excluding diaryl/α,β-unsaturated/α-hetero) is 1. The van der Waals surface area contributed by atoms with E-state index in [1.165, 1.54) is 4.90 Å². The summed E-state index contributed by atoms with van der Waals surface area (Å²) in [6, 6.07) is 4.80. The minimum absolute atomic E-state index is 0.0595. The molecule has 3 aliphatic rings. The number of hydrogen-bond acceptors (Lipinski definition) is 10. The first-order chi connectivity index (χ1) is 21.2. The zero-order valence-electron chi connectivity index (χ0n) is 25.6. The molecule has 0 saturated carbocycles. The number of carbonyl (C=O) groups is 3. The normalized spacial score (nSPS) is 22.9. The Balaban J connectivity index is 1.26. The third-order valence-electron chi connectivity index (χ3n) is 9.05. The molecule has 1 N–H and O–H groups in total. The van der Waals surface area contributed by atoms with Crippen LogP contribution in [0, 0.1) is 5.41 Å². The second kappa shape index (κ2) is 13.6. The average molecular weight is 625 g/mol. The van der Waals surface area contributed by atoms with E-state index in [2.05, 4.69) is 25.1 Å². The third-order valence-corrected chi connectivity index (χ3v) is 9.95. The van der Waals surface area contributed by atoms with Crippen LogP contribution in [0.3, 0.4) is 0 Å². The van der Waals surface area contributed by atoms with Gasteiger partial charge in [0.1, 0.15) is 18.7 Å². The molecule has 5 rings (SSSR count). The Kier molecular flexibility index (Phi) is 9.86. The summed E-state index contributed by atoms with van der Waals surface area (Å²) in [5, 5.41) is 9.72. The summed E-state index contributed by atoms with van der Waals surface area (Å²) < 4.78 is 10.8. The van der Waals surface area contributed by atoms with Crippen molar-refractivity contribution in [1.82, 2.24) is 20.1 Å². The number of nitrogens with zero attached hydrogens (tertiary/aromatic N) is 7. The van der Waals surface area contributed by atoms with Gasteiger partial charge in [-0.05, 0) is 29.5 Å². The molecule has 3 saturated heterocycles. The standard InChI is InChI=1S/C30H40N8O5S/c1-5-30(2,3)26(28(41)38-16-21(34-35-31)25-24(38)23(39)17-43-25)33-27(40)20-8-6-19(7-9-20)22-18-44-29(32-22)37-12-10-36(11-13-37)14-15-42-4/h6-9,18,21,24-26H,5,10-17H2,1-4H3,(H,33,40)/t21-,24+,25+,26+/m0/s1. The largest absolute Gasteiger partial charge is 0.383 e. The minimum Gasteiger partial charge on any atom is -0.383 e. The Labute approximate surface area is 261 Å². The number of carbonyl (C=O) groups excluding carboxylic acids is 3. The number of azide groups is 1. The molecule has 0 bridgehead atoms. The van der Waals surface area contributed by atoms with Crippen LogP contribution in [0.4, 0.5) is 5.13 Å². The van der Waals surface area contributed by atoms with Crippen molar-refractivity contribution in [2.24, 2.45) is 10.5 Å². The Hall–Kier alpha value is -3.55. The van der Waals surface area contributed by atoms with E-state index in [0.717, 1.165) is 55.7 Å². The van der Waals surface area contributed by atoms with E-state index in [0.29, 0.717) is 12.0 Å². The van der Waals surface area contributed by atoms with Crippen LogP contribution >= 0.6 is 11.3 Å². The molecule has 44 heavy (non-hydrogen) atoms. The first-order valence-electron chi connectivity index (χ1n) is 15.0. The molecule has 0 unspecified atom stereocenters. The summed E-state index contributed by atoms with van der Waals surface area (Å²) in [4.78, 5) is 53.9. The van der Waals surface area contributed by atoms with E-state index in [1.807, 2.05) is 38.3 Å². The fraction of sp³-hybridized carbons (Fsp3) is 0.600. The lowest BCUT2D eigenvalue weighted by Crippen LogP contribution is -2.57. The molecule has 3 fully saturated rings. The van der Waals surface area contributed by atoms with Gasteiger partial charge in [0.15, 0.2) is 10.9 Å². The number of methoxy groups -OCH3 is 1. The summed E-state index contributed by atoms with van der Waals surface area (Å²) >= 11 is 1.61.